The van der Waals surface area contributed by atoms with E-state index in [1.54, 1.807) is 12.5 Å². The Labute approximate surface area is 149 Å². The molecule has 1 aliphatic heterocycles. The highest BCUT2D eigenvalue weighted by molar-refractivity contribution is 5.39. The highest BCUT2D eigenvalue weighted by Crippen LogP contribution is 2.36. The van der Waals surface area contributed by atoms with Crippen molar-refractivity contribution in [3.8, 4) is 5.75 Å². The molecule has 0 bridgehead atoms. The highest BCUT2D eigenvalue weighted by Gasteiger charge is 2.24. The first-order valence-corrected chi connectivity index (χ1v) is 9.47. The molecular weight excluding hydrogens is 314 g/mol. The molecule has 134 valence electrons. The molecule has 2 aliphatic rings. The summed E-state index contributed by atoms with van der Waals surface area (Å²) in [6.07, 6.45) is 9.25. The van der Waals surface area contributed by atoms with Crippen molar-refractivity contribution in [3.05, 3.63) is 53.5 Å². The van der Waals surface area contributed by atoms with Crippen molar-refractivity contribution >= 4 is 0 Å². The zero-order valence-electron chi connectivity index (χ0n) is 14.7. The van der Waals surface area contributed by atoms with Gasteiger partial charge in [0.1, 0.15) is 12.4 Å². The van der Waals surface area contributed by atoms with Crippen LogP contribution in [-0.4, -0.2) is 23.2 Å². The van der Waals surface area contributed by atoms with E-state index in [0.29, 0.717) is 12.5 Å². The molecule has 2 aromatic rings. The van der Waals surface area contributed by atoms with Crippen LogP contribution in [0.25, 0.3) is 0 Å². The van der Waals surface area contributed by atoms with Crippen LogP contribution in [0.5, 0.6) is 5.75 Å². The third kappa shape index (κ3) is 3.91. The SMILES string of the molecule is O[C@@H](c1ccc2c(c1)CN(Cc1ccoc1)CCO2)C1CCCCC1. The molecule has 4 rings (SSSR count). The van der Waals surface area contributed by atoms with Crippen LogP contribution in [0, 0.1) is 5.92 Å². The lowest BCUT2D eigenvalue weighted by Gasteiger charge is -2.27. The Morgan fingerprint density at radius 3 is 2.84 bits per heavy atom. The van der Waals surface area contributed by atoms with E-state index in [2.05, 4.69) is 11.0 Å². The van der Waals surface area contributed by atoms with Crippen LogP contribution in [-0.2, 0) is 13.1 Å². The van der Waals surface area contributed by atoms with E-state index in [1.807, 2.05) is 18.2 Å². The normalized spacial score (nSPS) is 20.5. The van der Waals surface area contributed by atoms with Crippen molar-refractivity contribution in [2.75, 3.05) is 13.2 Å². The summed E-state index contributed by atoms with van der Waals surface area (Å²) in [6, 6.07) is 8.25. The first kappa shape index (κ1) is 16.7. The molecule has 1 aliphatic carbocycles. The standard InChI is InChI=1S/C21H27NO3/c23-21(17-4-2-1-3-5-17)18-6-7-20-19(12-18)14-22(9-11-25-20)13-16-8-10-24-15-16/h6-8,10,12,15,17,21,23H,1-5,9,11,13-14H2/t21-/m1/s1. The van der Waals surface area contributed by atoms with Gasteiger partial charge in [0.05, 0.1) is 18.6 Å². The lowest BCUT2D eigenvalue weighted by Crippen LogP contribution is -2.25. The Balaban J connectivity index is 1.50. The van der Waals surface area contributed by atoms with Crippen LogP contribution in [0.15, 0.2) is 41.2 Å². The third-order valence-corrected chi connectivity index (χ3v) is 5.57. The largest absolute Gasteiger partial charge is 0.492 e. The quantitative estimate of drug-likeness (QED) is 0.901. The van der Waals surface area contributed by atoms with Gasteiger partial charge in [0.25, 0.3) is 0 Å². The van der Waals surface area contributed by atoms with Gasteiger partial charge in [0, 0.05) is 30.8 Å². The monoisotopic (exact) mass is 341 g/mol. The molecule has 0 spiro atoms. The van der Waals surface area contributed by atoms with E-state index in [1.165, 1.54) is 30.4 Å². The second-order valence-corrected chi connectivity index (χ2v) is 7.40. The van der Waals surface area contributed by atoms with Crippen molar-refractivity contribution in [1.82, 2.24) is 4.90 Å². The van der Waals surface area contributed by atoms with Crippen molar-refractivity contribution in [2.45, 2.75) is 51.3 Å². The summed E-state index contributed by atoms with van der Waals surface area (Å²) < 4.78 is 11.1. The molecule has 4 nitrogen and oxygen atoms in total. The molecule has 25 heavy (non-hydrogen) atoms. The Morgan fingerprint density at radius 2 is 2.04 bits per heavy atom. The second kappa shape index (κ2) is 7.63. The Morgan fingerprint density at radius 1 is 1.16 bits per heavy atom. The minimum atomic E-state index is -0.351. The molecule has 0 radical (unpaired) electrons. The smallest absolute Gasteiger partial charge is 0.123 e. The summed E-state index contributed by atoms with van der Waals surface area (Å²) in [5.74, 6) is 1.36. The van der Waals surface area contributed by atoms with E-state index < -0.39 is 0 Å². The lowest BCUT2D eigenvalue weighted by molar-refractivity contribution is 0.0847. The molecule has 0 unspecified atom stereocenters. The van der Waals surface area contributed by atoms with Crippen LogP contribution < -0.4 is 4.74 Å². The van der Waals surface area contributed by atoms with Crippen LogP contribution >= 0.6 is 0 Å². The number of furan rings is 1. The topological polar surface area (TPSA) is 45.8 Å². The Kier molecular flexibility index (Phi) is 5.09. The van der Waals surface area contributed by atoms with Gasteiger partial charge in [-0.1, -0.05) is 25.3 Å². The minimum Gasteiger partial charge on any atom is -0.492 e. The van der Waals surface area contributed by atoms with E-state index in [-0.39, 0.29) is 6.10 Å². The zero-order chi connectivity index (χ0) is 17.1. The van der Waals surface area contributed by atoms with Gasteiger partial charge in [-0.2, -0.15) is 0 Å². The maximum Gasteiger partial charge on any atom is 0.123 e. The first-order valence-electron chi connectivity index (χ1n) is 9.47. The van der Waals surface area contributed by atoms with Crippen LogP contribution in [0.2, 0.25) is 0 Å². The maximum atomic E-state index is 10.8. The third-order valence-electron chi connectivity index (χ3n) is 5.57. The summed E-state index contributed by atoms with van der Waals surface area (Å²) in [5, 5.41) is 10.8. The fourth-order valence-electron chi connectivity index (χ4n) is 4.15. The van der Waals surface area contributed by atoms with Gasteiger partial charge in [-0.15, -0.1) is 0 Å². The number of benzene rings is 1. The van der Waals surface area contributed by atoms with E-state index in [0.717, 1.165) is 43.8 Å². The van der Waals surface area contributed by atoms with Gasteiger partial charge in [0.2, 0.25) is 0 Å². The first-order chi connectivity index (χ1) is 12.3. The van der Waals surface area contributed by atoms with Gasteiger partial charge >= 0.3 is 0 Å². The average Bonchev–Trinajstić information content (AvgIpc) is 3.07. The summed E-state index contributed by atoms with van der Waals surface area (Å²) in [5.41, 5.74) is 3.40. The van der Waals surface area contributed by atoms with Crippen LogP contribution in [0.1, 0.15) is 54.9 Å². The minimum absolute atomic E-state index is 0.351. The zero-order valence-corrected chi connectivity index (χ0v) is 14.7. The van der Waals surface area contributed by atoms with Crippen LogP contribution in [0.3, 0.4) is 0 Å². The van der Waals surface area contributed by atoms with E-state index >= 15 is 0 Å². The summed E-state index contributed by atoms with van der Waals surface area (Å²) >= 11 is 0. The number of ether oxygens (including phenoxy) is 1. The number of hydrogen-bond acceptors (Lipinski definition) is 4. The van der Waals surface area contributed by atoms with E-state index in [9.17, 15) is 5.11 Å². The molecule has 4 heteroatoms. The number of nitrogens with zero attached hydrogens (tertiary/aromatic N) is 1. The van der Waals surface area contributed by atoms with Gasteiger partial charge in [-0.05, 0) is 42.5 Å². The maximum absolute atomic E-state index is 10.8. The average molecular weight is 341 g/mol. The molecule has 1 aromatic carbocycles. The number of fused-ring (bicyclic) bond motifs is 1. The molecule has 0 saturated heterocycles. The Hall–Kier alpha value is -1.78. The predicted octanol–water partition coefficient (Wildman–Crippen LogP) is 4.29. The summed E-state index contributed by atoms with van der Waals surface area (Å²) in [6.45, 7) is 3.27. The molecule has 1 saturated carbocycles. The number of hydrogen-bond donors (Lipinski definition) is 1. The van der Waals surface area contributed by atoms with E-state index in [4.69, 9.17) is 9.15 Å². The summed E-state index contributed by atoms with van der Waals surface area (Å²) in [7, 11) is 0. The molecule has 1 aromatic heterocycles. The van der Waals surface area contributed by atoms with Gasteiger partial charge in [0.15, 0.2) is 0 Å². The van der Waals surface area contributed by atoms with Crippen molar-refractivity contribution in [2.24, 2.45) is 5.92 Å². The second-order valence-electron chi connectivity index (χ2n) is 7.40. The number of rotatable bonds is 4. The lowest BCUT2D eigenvalue weighted by atomic mass is 9.82. The van der Waals surface area contributed by atoms with Crippen LogP contribution in [0.4, 0.5) is 0 Å². The molecule has 1 atom stereocenters. The molecule has 2 heterocycles. The van der Waals surface area contributed by atoms with Gasteiger partial charge in [-0.25, -0.2) is 0 Å². The van der Waals surface area contributed by atoms with Crippen molar-refractivity contribution in [1.29, 1.82) is 0 Å². The molecular formula is C21H27NO3. The number of aliphatic hydroxyl groups excluding tert-OH is 1. The molecule has 1 fully saturated rings. The van der Waals surface area contributed by atoms with Gasteiger partial charge < -0.3 is 14.3 Å². The Bertz CT molecular complexity index is 676. The van der Waals surface area contributed by atoms with Crippen molar-refractivity contribution < 1.29 is 14.3 Å². The molecule has 0 amide bonds. The van der Waals surface area contributed by atoms with Gasteiger partial charge in [-0.3, -0.25) is 4.90 Å². The fraction of sp³-hybridized carbons (Fsp3) is 0.524. The molecule has 1 N–H and O–H groups in total. The highest BCUT2D eigenvalue weighted by atomic mass is 16.5. The fourth-order valence-corrected chi connectivity index (χ4v) is 4.15. The predicted molar refractivity (Wildman–Crippen MR) is 96.3 cm³/mol. The summed E-state index contributed by atoms with van der Waals surface area (Å²) in [4.78, 5) is 2.37. The number of aliphatic hydroxyl groups is 1. The van der Waals surface area contributed by atoms with Crippen molar-refractivity contribution in [3.63, 3.8) is 0 Å².